The predicted octanol–water partition coefficient (Wildman–Crippen LogP) is -5.98. The third-order valence-electron chi connectivity index (χ3n) is 0. The molecule has 0 aliphatic heterocycles. The molecule has 0 aliphatic carbocycles. The maximum Gasteiger partial charge on any atom is -1.00 e. The SMILES string of the molecule is C[N](C)[Zr+2].[Cl-].[Cl-]. The van der Waals surface area contributed by atoms with Crippen molar-refractivity contribution in [2.24, 2.45) is 0 Å². The first-order valence-electron chi connectivity index (χ1n) is 1.12. The zero-order valence-corrected chi connectivity index (χ0v) is 7.67. The van der Waals surface area contributed by atoms with Crippen molar-refractivity contribution in [3.8, 4) is 0 Å². The van der Waals surface area contributed by atoms with Gasteiger partial charge in [-0.1, -0.05) is 0 Å². The van der Waals surface area contributed by atoms with Gasteiger partial charge in [0.2, 0.25) is 0 Å². The average Bonchev–Trinajstić information content (AvgIpc) is 0.811. The first-order valence-corrected chi connectivity index (χ1v) is 2.22. The maximum atomic E-state index is 2.09. The van der Waals surface area contributed by atoms with Crippen molar-refractivity contribution < 1.29 is 49.8 Å². The fraction of sp³-hybridized carbons (Fsp3) is 1.00. The Kier molecular flexibility index (Phi) is 25.2. The molecule has 0 saturated heterocycles. The molecular weight excluding hydrogens is 200 g/mol. The molecule has 0 aromatic carbocycles. The molecule has 0 aliphatic rings. The standard InChI is InChI=1S/C2H6N.2ClH.Zr/c1-3-2;;;/h1-2H3;2*1H;/q-1;;;+3/p-2. The molecule has 0 N–H and O–H groups in total. The van der Waals surface area contributed by atoms with Crippen LogP contribution in [-0.4, -0.2) is 16.9 Å². The van der Waals surface area contributed by atoms with E-state index in [-0.39, 0.29) is 24.8 Å². The molecule has 0 rings (SSSR count). The van der Waals surface area contributed by atoms with Gasteiger partial charge in [0.25, 0.3) is 0 Å². The third-order valence-corrected chi connectivity index (χ3v) is 0. The average molecular weight is 206 g/mol. The monoisotopic (exact) mass is 204 g/mol. The van der Waals surface area contributed by atoms with Crippen LogP contribution in [0.2, 0.25) is 0 Å². The van der Waals surface area contributed by atoms with Crippen LogP contribution in [-0.2, 0) is 25.0 Å². The summed E-state index contributed by atoms with van der Waals surface area (Å²) in [6, 6.07) is 0. The maximum absolute atomic E-state index is 2.09. The quantitative estimate of drug-likeness (QED) is 0.381. The Morgan fingerprint density at radius 3 is 1.17 bits per heavy atom. The Hall–Kier alpha value is 1.42. The summed E-state index contributed by atoms with van der Waals surface area (Å²) in [6.45, 7) is 0. The summed E-state index contributed by atoms with van der Waals surface area (Å²) < 4.78 is 2.09. The Labute approximate surface area is 66.5 Å². The van der Waals surface area contributed by atoms with Crippen LogP contribution in [0.15, 0.2) is 0 Å². The summed E-state index contributed by atoms with van der Waals surface area (Å²) in [6.07, 6.45) is 0. The van der Waals surface area contributed by atoms with Gasteiger partial charge in [0.05, 0.1) is 0 Å². The van der Waals surface area contributed by atoms with Crippen molar-refractivity contribution in [2.45, 2.75) is 0 Å². The van der Waals surface area contributed by atoms with Gasteiger partial charge in [0, 0.05) is 0 Å². The zero-order valence-electron chi connectivity index (χ0n) is 3.70. The molecule has 0 amide bonds. The molecule has 6 heavy (non-hydrogen) atoms. The second-order valence-electron chi connectivity index (χ2n) is 0.894. The van der Waals surface area contributed by atoms with E-state index in [2.05, 4.69) is 2.84 Å². The van der Waals surface area contributed by atoms with Gasteiger partial charge in [0.15, 0.2) is 0 Å². The minimum Gasteiger partial charge on any atom is -1.00 e. The van der Waals surface area contributed by atoms with E-state index >= 15 is 0 Å². The molecule has 0 fully saturated rings. The van der Waals surface area contributed by atoms with Crippen LogP contribution in [0.4, 0.5) is 0 Å². The fourth-order valence-electron chi connectivity index (χ4n) is 0. The third kappa shape index (κ3) is 52.4. The Morgan fingerprint density at radius 2 is 1.17 bits per heavy atom. The van der Waals surface area contributed by atoms with Gasteiger partial charge in [-0.2, -0.15) is 0 Å². The van der Waals surface area contributed by atoms with Crippen molar-refractivity contribution >= 4 is 0 Å². The van der Waals surface area contributed by atoms with Gasteiger partial charge >= 0.3 is 41.9 Å². The minimum atomic E-state index is 0. The van der Waals surface area contributed by atoms with Crippen molar-refractivity contribution in [1.29, 1.82) is 0 Å². The largest absolute Gasteiger partial charge is 1.00 e. The summed E-state index contributed by atoms with van der Waals surface area (Å²) in [4.78, 5) is 0. The Morgan fingerprint density at radius 1 is 1.17 bits per heavy atom. The number of rotatable bonds is 0. The number of halogens is 2. The molecule has 0 bridgehead atoms. The van der Waals surface area contributed by atoms with Gasteiger partial charge in [-0.25, -0.2) is 0 Å². The van der Waals surface area contributed by atoms with Crippen molar-refractivity contribution in [3.63, 3.8) is 0 Å². The molecule has 0 aromatic heterocycles. The molecule has 0 radical (unpaired) electrons. The Bertz CT molecular complexity index is 16.3. The van der Waals surface area contributed by atoms with Crippen LogP contribution < -0.4 is 24.8 Å². The summed E-state index contributed by atoms with van der Waals surface area (Å²) in [5.41, 5.74) is 0. The molecular formula is C2H6Cl2NZr. The number of hydrogen-bond acceptors (Lipinski definition) is 1. The zero-order chi connectivity index (χ0) is 3.58. The van der Waals surface area contributed by atoms with Gasteiger partial charge in [-0.05, 0) is 0 Å². The van der Waals surface area contributed by atoms with Crippen molar-refractivity contribution in [3.05, 3.63) is 0 Å². The van der Waals surface area contributed by atoms with Crippen LogP contribution in [0.3, 0.4) is 0 Å². The van der Waals surface area contributed by atoms with E-state index in [4.69, 9.17) is 0 Å². The first kappa shape index (κ1) is 15.7. The number of nitrogens with zero attached hydrogens (tertiary/aromatic N) is 1. The first-order chi connectivity index (χ1) is 1.73. The van der Waals surface area contributed by atoms with Crippen LogP contribution in [0.25, 0.3) is 0 Å². The van der Waals surface area contributed by atoms with E-state index in [0.29, 0.717) is 0 Å². The van der Waals surface area contributed by atoms with Crippen LogP contribution in [0.5, 0.6) is 0 Å². The molecule has 4 heteroatoms. The molecule has 0 atom stereocenters. The van der Waals surface area contributed by atoms with E-state index in [1.807, 2.05) is 14.1 Å². The van der Waals surface area contributed by atoms with E-state index in [9.17, 15) is 0 Å². The summed E-state index contributed by atoms with van der Waals surface area (Å²) in [5.74, 6) is 0. The predicted molar refractivity (Wildman–Crippen MR) is 13.7 cm³/mol. The van der Waals surface area contributed by atoms with Crippen LogP contribution in [0, 0.1) is 0 Å². The van der Waals surface area contributed by atoms with Crippen molar-refractivity contribution in [1.82, 2.24) is 2.84 Å². The number of hydrogen-bond donors (Lipinski definition) is 0. The van der Waals surface area contributed by atoms with Gasteiger partial charge in [-0.3, -0.25) is 0 Å². The van der Waals surface area contributed by atoms with Crippen molar-refractivity contribution in [2.75, 3.05) is 14.1 Å². The molecule has 0 spiro atoms. The minimum absolute atomic E-state index is 0. The van der Waals surface area contributed by atoms with Gasteiger partial charge < -0.3 is 24.8 Å². The van der Waals surface area contributed by atoms with E-state index < -0.39 is 0 Å². The fourth-order valence-corrected chi connectivity index (χ4v) is 0. The molecule has 0 heterocycles. The van der Waals surface area contributed by atoms with Gasteiger partial charge in [0.1, 0.15) is 0 Å². The summed E-state index contributed by atoms with van der Waals surface area (Å²) >= 11 is 1.47. The van der Waals surface area contributed by atoms with E-state index in [1.165, 1.54) is 25.0 Å². The van der Waals surface area contributed by atoms with Gasteiger partial charge in [-0.15, -0.1) is 0 Å². The summed E-state index contributed by atoms with van der Waals surface area (Å²) in [7, 11) is 4.08. The Balaban J connectivity index is -0.0000000450. The van der Waals surface area contributed by atoms with E-state index in [0.717, 1.165) is 0 Å². The smallest absolute Gasteiger partial charge is 1.00 e. The molecule has 0 saturated carbocycles. The second kappa shape index (κ2) is 9.66. The molecule has 37 valence electrons. The normalized spacial score (nSPS) is 6.17. The van der Waals surface area contributed by atoms with E-state index in [1.54, 1.807) is 0 Å². The van der Waals surface area contributed by atoms with Crippen LogP contribution in [0.1, 0.15) is 0 Å². The molecule has 0 unspecified atom stereocenters. The summed E-state index contributed by atoms with van der Waals surface area (Å²) in [5, 5.41) is 0. The molecule has 0 aromatic rings. The second-order valence-corrected chi connectivity index (χ2v) is 3.09. The molecule has 1 nitrogen and oxygen atoms in total. The topological polar surface area (TPSA) is 3.24 Å². The van der Waals surface area contributed by atoms with Crippen LogP contribution >= 0.6 is 0 Å².